The molecule has 2 N–H and O–H groups in total. The maximum absolute atomic E-state index is 12.7. The molecular formula is C23H24N2O4S. The summed E-state index contributed by atoms with van der Waals surface area (Å²) in [5, 5.41) is 3.68. The van der Waals surface area contributed by atoms with Crippen LogP contribution >= 0.6 is 0 Å². The number of amides is 1. The highest BCUT2D eigenvalue weighted by molar-refractivity contribution is 7.91. The molecule has 1 aliphatic carbocycles. The lowest BCUT2D eigenvalue weighted by atomic mass is 10.0. The SMILES string of the molecule is O=C(Nc1cccc(CS(=O)(=O)C2CCCCC2)c1)c1cc2ccccc2c(=O)[nH]1. The zero-order chi connectivity index (χ0) is 21.1. The summed E-state index contributed by atoms with van der Waals surface area (Å²) in [6.45, 7) is 0. The number of aromatic nitrogens is 1. The average molecular weight is 425 g/mol. The largest absolute Gasteiger partial charge is 0.321 e. The zero-order valence-corrected chi connectivity index (χ0v) is 17.4. The summed E-state index contributed by atoms with van der Waals surface area (Å²) in [7, 11) is -3.22. The second-order valence-electron chi connectivity index (χ2n) is 7.82. The summed E-state index contributed by atoms with van der Waals surface area (Å²) in [6.07, 6.45) is 4.49. The number of fused-ring (bicyclic) bond motifs is 1. The molecule has 30 heavy (non-hydrogen) atoms. The van der Waals surface area contributed by atoms with Gasteiger partial charge in [0.15, 0.2) is 9.84 Å². The number of nitrogens with one attached hydrogen (secondary N) is 2. The number of hydrogen-bond donors (Lipinski definition) is 2. The third kappa shape index (κ3) is 4.46. The minimum Gasteiger partial charge on any atom is -0.321 e. The Balaban J connectivity index is 1.52. The van der Waals surface area contributed by atoms with E-state index in [1.165, 1.54) is 0 Å². The van der Waals surface area contributed by atoms with Gasteiger partial charge >= 0.3 is 0 Å². The molecule has 3 aromatic rings. The second-order valence-corrected chi connectivity index (χ2v) is 10.1. The van der Waals surface area contributed by atoms with E-state index in [0.717, 1.165) is 32.1 Å². The first kappa shape index (κ1) is 20.3. The van der Waals surface area contributed by atoms with Crippen LogP contribution in [-0.2, 0) is 15.6 Å². The van der Waals surface area contributed by atoms with Gasteiger partial charge in [0.05, 0.1) is 11.0 Å². The molecule has 0 spiro atoms. The highest BCUT2D eigenvalue weighted by Crippen LogP contribution is 2.26. The fourth-order valence-electron chi connectivity index (χ4n) is 4.04. The van der Waals surface area contributed by atoms with Gasteiger partial charge in [0, 0.05) is 11.1 Å². The van der Waals surface area contributed by atoms with Crippen LogP contribution in [0.5, 0.6) is 0 Å². The molecule has 2 aromatic carbocycles. The Labute approximate surface area is 175 Å². The van der Waals surface area contributed by atoms with Crippen LogP contribution in [0.15, 0.2) is 59.4 Å². The fraction of sp³-hybridized carbons (Fsp3) is 0.304. The van der Waals surface area contributed by atoms with Gasteiger partial charge in [-0.25, -0.2) is 8.42 Å². The van der Waals surface area contributed by atoms with Crippen LogP contribution in [0.3, 0.4) is 0 Å². The van der Waals surface area contributed by atoms with Crippen LogP contribution in [0, 0.1) is 0 Å². The van der Waals surface area contributed by atoms with Crippen LogP contribution in [0.25, 0.3) is 10.8 Å². The molecule has 0 bridgehead atoms. The molecule has 1 amide bonds. The van der Waals surface area contributed by atoms with E-state index in [0.29, 0.717) is 22.0 Å². The minimum atomic E-state index is -3.22. The van der Waals surface area contributed by atoms with E-state index >= 15 is 0 Å². The molecule has 0 aliphatic heterocycles. The number of anilines is 1. The number of aromatic amines is 1. The second kappa shape index (κ2) is 8.44. The molecule has 0 atom stereocenters. The van der Waals surface area contributed by atoms with Gasteiger partial charge in [-0.3, -0.25) is 9.59 Å². The molecule has 4 rings (SSSR count). The van der Waals surface area contributed by atoms with Crippen molar-refractivity contribution in [2.24, 2.45) is 0 Å². The maximum Gasteiger partial charge on any atom is 0.272 e. The number of sulfone groups is 1. The molecule has 1 saturated carbocycles. The number of pyridine rings is 1. The standard InChI is InChI=1S/C23H24N2O4S/c26-22-20-12-5-4-8-17(20)14-21(25-22)23(27)24-18-9-6-7-16(13-18)15-30(28,29)19-10-2-1-3-11-19/h4-9,12-14,19H,1-3,10-11,15H2,(H,24,27)(H,25,26). The normalized spacial score (nSPS) is 15.2. The number of carbonyl (C=O) groups excluding carboxylic acids is 1. The summed E-state index contributed by atoms with van der Waals surface area (Å²) < 4.78 is 25.5. The number of benzene rings is 2. The lowest BCUT2D eigenvalue weighted by molar-refractivity contribution is 0.102. The monoisotopic (exact) mass is 424 g/mol. The van der Waals surface area contributed by atoms with Gasteiger partial charge in [0.25, 0.3) is 11.5 Å². The lowest BCUT2D eigenvalue weighted by Crippen LogP contribution is -2.25. The molecule has 0 saturated heterocycles. The Bertz CT molecular complexity index is 1240. The quantitative estimate of drug-likeness (QED) is 0.646. The predicted molar refractivity (Wildman–Crippen MR) is 118 cm³/mol. The van der Waals surface area contributed by atoms with Crippen LogP contribution in [0.4, 0.5) is 5.69 Å². The van der Waals surface area contributed by atoms with E-state index in [4.69, 9.17) is 0 Å². The van der Waals surface area contributed by atoms with E-state index in [9.17, 15) is 18.0 Å². The molecule has 1 fully saturated rings. The van der Waals surface area contributed by atoms with Crippen molar-refractivity contribution in [1.29, 1.82) is 0 Å². The molecule has 156 valence electrons. The van der Waals surface area contributed by atoms with Crippen LogP contribution < -0.4 is 10.9 Å². The van der Waals surface area contributed by atoms with E-state index in [2.05, 4.69) is 10.3 Å². The molecule has 0 radical (unpaired) electrons. The van der Waals surface area contributed by atoms with Gasteiger partial charge in [-0.1, -0.05) is 49.6 Å². The molecule has 1 aromatic heterocycles. The Morgan fingerprint density at radius 1 is 1.00 bits per heavy atom. The van der Waals surface area contributed by atoms with Crippen molar-refractivity contribution in [3.8, 4) is 0 Å². The van der Waals surface area contributed by atoms with Crippen molar-refractivity contribution in [3.63, 3.8) is 0 Å². The predicted octanol–water partition coefficient (Wildman–Crippen LogP) is 4.03. The molecule has 1 aliphatic rings. The number of carbonyl (C=O) groups is 1. The van der Waals surface area contributed by atoms with E-state index in [1.54, 1.807) is 54.6 Å². The van der Waals surface area contributed by atoms with Crippen molar-refractivity contribution in [1.82, 2.24) is 4.98 Å². The van der Waals surface area contributed by atoms with Crippen molar-refractivity contribution in [3.05, 3.63) is 76.2 Å². The molecule has 7 heteroatoms. The fourth-order valence-corrected chi connectivity index (χ4v) is 5.98. The van der Waals surface area contributed by atoms with E-state index < -0.39 is 15.7 Å². The smallest absolute Gasteiger partial charge is 0.272 e. The van der Waals surface area contributed by atoms with Crippen LogP contribution in [-0.4, -0.2) is 24.6 Å². The Morgan fingerprint density at radius 2 is 1.77 bits per heavy atom. The van der Waals surface area contributed by atoms with E-state index in [-0.39, 0.29) is 22.3 Å². The third-order valence-corrected chi connectivity index (χ3v) is 7.83. The van der Waals surface area contributed by atoms with Gasteiger partial charge in [-0.05, 0) is 48.1 Å². The van der Waals surface area contributed by atoms with Gasteiger partial charge in [0.1, 0.15) is 5.69 Å². The Kier molecular flexibility index (Phi) is 5.72. The Morgan fingerprint density at radius 3 is 2.57 bits per heavy atom. The van der Waals surface area contributed by atoms with Gasteiger partial charge in [-0.15, -0.1) is 0 Å². The number of rotatable bonds is 5. The van der Waals surface area contributed by atoms with Gasteiger partial charge < -0.3 is 10.3 Å². The van der Waals surface area contributed by atoms with Crippen LogP contribution in [0.2, 0.25) is 0 Å². The highest BCUT2D eigenvalue weighted by Gasteiger charge is 2.27. The summed E-state index contributed by atoms with van der Waals surface area (Å²) in [4.78, 5) is 27.5. The molecule has 0 unspecified atom stereocenters. The summed E-state index contributed by atoms with van der Waals surface area (Å²) in [6, 6.07) is 15.5. The maximum atomic E-state index is 12.7. The van der Waals surface area contributed by atoms with Crippen molar-refractivity contribution in [2.45, 2.75) is 43.1 Å². The number of hydrogen-bond acceptors (Lipinski definition) is 4. The molecular weight excluding hydrogens is 400 g/mol. The van der Waals surface area contributed by atoms with Gasteiger partial charge in [0.2, 0.25) is 0 Å². The lowest BCUT2D eigenvalue weighted by Gasteiger charge is -2.21. The number of H-pyrrole nitrogens is 1. The van der Waals surface area contributed by atoms with Crippen molar-refractivity contribution < 1.29 is 13.2 Å². The summed E-state index contributed by atoms with van der Waals surface area (Å²) in [5.41, 5.74) is 0.959. The summed E-state index contributed by atoms with van der Waals surface area (Å²) >= 11 is 0. The van der Waals surface area contributed by atoms with Crippen molar-refractivity contribution >= 4 is 32.2 Å². The Hall–Kier alpha value is -2.93. The first-order chi connectivity index (χ1) is 14.4. The zero-order valence-electron chi connectivity index (χ0n) is 16.6. The average Bonchev–Trinajstić information content (AvgIpc) is 2.74. The first-order valence-electron chi connectivity index (χ1n) is 10.2. The molecule has 1 heterocycles. The highest BCUT2D eigenvalue weighted by atomic mass is 32.2. The first-order valence-corrected chi connectivity index (χ1v) is 11.9. The van der Waals surface area contributed by atoms with Crippen LogP contribution in [0.1, 0.15) is 48.2 Å². The summed E-state index contributed by atoms with van der Waals surface area (Å²) in [5.74, 6) is -0.487. The van der Waals surface area contributed by atoms with Crippen molar-refractivity contribution in [2.75, 3.05) is 5.32 Å². The third-order valence-electron chi connectivity index (χ3n) is 5.61. The topological polar surface area (TPSA) is 96.1 Å². The van der Waals surface area contributed by atoms with E-state index in [1.807, 2.05) is 0 Å². The molecule has 6 nitrogen and oxygen atoms in total. The van der Waals surface area contributed by atoms with Gasteiger partial charge in [-0.2, -0.15) is 0 Å². The minimum absolute atomic E-state index is 0.0335.